The maximum atomic E-state index is 14.5. The Morgan fingerprint density at radius 3 is 0.867 bits per heavy atom. The predicted octanol–water partition coefficient (Wildman–Crippen LogP) is 25.5. The van der Waals surface area contributed by atoms with Gasteiger partial charge in [0, 0.05) is 30.0 Å². The van der Waals surface area contributed by atoms with E-state index in [4.69, 9.17) is 38.2 Å². The minimum absolute atomic E-state index is 0.0521. The van der Waals surface area contributed by atoms with E-state index in [-0.39, 0.29) is 17.1 Å². The number of aromatic hydroxyl groups is 1. The maximum absolute atomic E-state index is 14.5. The summed E-state index contributed by atoms with van der Waals surface area (Å²) in [7, 11) is 0. The van der Waals surface area contributed by atoms with E-state index in [1.807, 2.05) is 12.1 Å². The molecule has 0 aromatic heterocycles. The van der Waals surface area contributed by atoms with Crippen molar-refractivity contribution in [2.24, 2.45) is 4.99 Å². The summed E-state index contributed by atoms with van der Waals surface area (Å²) in [5.74, 6) is 3.00. The fourth-order valence-electron chi connectivity index (χ4n) is 11.6. The summed E-state index contributed by atoms with van der Waals surface area (Å²) in [6.07, 6.45) is 59.5. The molecule has 90 heavy (non-hydrogen) atoms. The molecule has 0 aliphatic rings. The van der Waals surface area contributed by atoms with Crippen molar-refractivity contribution in [2.75, 3.05) is 39.6 Å². The quantitative estimate of drug-likeness (QED) is 0.0255. The summed E-state index contributed by atoms with van der Waals surface area (Å²) >= 11 is 0. The molecular weight excluding hydrogens is 1120 g/mol. The first-order valence-electron chi connectivity index (χ1n) is 38.1. The van der Waals surface area contributed by atoms with E-state index in [0.717, 1.165) is 77.0 Å². The Labute approximate surface area is 552 Å². The first-order chi connectivity index (χ1) is 44.4. The van der Waals surface area contributed by atoms with Crippen molar-refractivity contribution in [1.29, 1.82) is 0 Å². The number of phenols is 1. The molecule has 0 spiro atoms. The van der Waals surface area contributed by atoms with E-state index in [1.54, 1.807) is 30.5 Å². The molecule has 3 aromatic rings. The van der Waals surface area contributed by atoms with Gasteiger partial charge in [-0.25, -0.2) is 4.79 Å². The number of hydrogen-bond donors (Lipinski definition) is 1. The third kappa shape index (κ3) is 40.4. The number of unbranched alkanes of at least 4 members (excludes halogenated alkanes) is 42. The zero-order valence-electron chi connectivity index (χ0n) is 59.0. The van der Waals surface area contributed by atoms with Gasteiger partial charge in [0.1, 0.15) is 11.5 Å². The number of benzene rings is 3. The van der Waals surface area contributed by atoms with Crippen LogP contribution in [-0.4, -0.2) is 56.9 Å². The van der Waals surface area contributed by atoms with Gasteiger partial charge in [0.2, 0.25) is 11.5 Å². The van der Waals surface area contributed by atoms with Crippen LogP contribution in [0, 0.1) is 0 Å². The monoisotopic (exact) mass is 1250 g/mol. The summed E-state index contributed by atoms with van der Waals surface area (Å²) in [5.41, 5.74) is 1.48. The molecule has 0 saturated heterocycles. The molecule has 0 radical (unpaired) electrons. The van der Waals surface area contributed by atoms with Crippen molar-refractivity contribution in [3.63, 3.8) is 0 Å². The first kappa shape index (κ1) is 79.6. The highest BCUT2D eigenvalue weighted by Crippen LogP contribution is 2.43. The molecule has 0 aliphatic heterocycles. The Balaban J connectivity index is 1.95. The third-order valence-electron chi connectivity index (χ3n) is 17.3. The molecule has 0 aliphatic carbocycles. The van der Waals surface area contributed by atoms with Gasteiger partial charge < -0.3 is 38.3 Å². The second-order valence-electron chi connectivity index (χ2n) is 25.9. The van der Waals surface area contributed by atoms with Crippen molar-refractivity contribution < 1.29 is 43.1 Å². The molecule has 10 nitrogen and oxygen atoms in total. The SMILES string of the molecule is CCCCCCCCCCOc1cc(N=Cc2cc(O)cc(OC(=O)c3cc(OCCCCCCCCCC)c(OCCCCCCCCCC)c(OCCCCCCCCCC)c3)c2)cc(OCCCCCCCCCC)c1OCCCCCCCCCC. The minimum Gasteiger partial charge on any atom is -0.508 e. The molecule has 1 N–H and O–H groups in total. The molecule has 0 heterocycles. The van der Waals surface area contributed by atoms with Gasteiger partial charge in [-0.1, -0.05) is 311 Å². The second kappa shape index (κ2) is 57.1. The van der Waals surface area contributed by atoms with E-state index in [1.165, 1.54) is 237 Å². The molecule has 514 valence electrons. The number of ether oxygens (including phenoxy) is 7. The average Bonchev–Trinajstić information content (AvgIpc) is 1.05. The first-order valence-corrected chi connectivity index (χ1v) is 38.1. The van der Waals surface area contributed by atoms with Crippen molar-refractivity contribution in [3.8, 4) is 46.0 Å². The Morgan fingerprint density at radius 1 is 0.322 bits per heavy atom. The van der Waals surface area contributed by atoms with Crippen LogP contribution in [0.4, 0.5) is 5.69 Å². The fourth-order valence-corrected chi connectivity index (χ4v) is 11.6. The lowest BCUT2D eigenvalue weighted by molar-refractivity contribution is 0.0733. The zero-order valence-corrected chi connectivity index (χ0v) is 59.0. The van der Waals surface area contributed by atoms with Crippen LogP contribution in [-0.2, 0) is 0 Å². The number of aliphatic imine (C=N–C) groups is 1. The van der Waals surface area contributed by atoms with E-state index < -0.39 is 5.97 Å². The van der Waals surface area contributed by atoms with E-state index in [2.05, 4.69) is 41.5 Å². The molecule has 0 bridgehead atoms. The van der Waals surface area contributed by atoms with Crippen LogP contribution in [0.3, 0.4) is 0 Å². The topological polar surface area (TPSA) is 114 Å². The smallest absolute Gasteiger partial charge is 0.343 e. The van der Waals surface area contributed by atoms with Crippen LogP contribution in [0.5, 0.6) is 46.0 Å². The molecular formula is C80H135NO9. The second-order valence-corrected chi connectivity index (χ2v) is 25.9. The lowest BCUT2D eigenvalue weighted by Crippen LogP contribution is -2.12. The number of carbonyl (C=O) groups is 1. The van der Waals surface area contributed by atoms with Gasteiger partial charge in [-0.3, -0.25) is 4.99 Å². The lowest BCUT2D eigenvalue weighted by atomic mass is 10.1. The number of nitrogens with zero attached hydrogens (tertiary/aromatic N) is 1. The van der Waals surface area contributed by atoms with Gasteiger partial charge in [0.05, 0.1) is 50.9 Å². The molecule has 3 rings (SSSR count). The van der Waals surface area contributed by atoms with Crippen LogP contribution < -0.4 is 33.2 Å². The fraction of sp³-hybridized carbons (Fsp3) is 0.750. The van der Waals surface area contributed by atoms with Gasteiger partial charge in [0.15, 0.2) is 23.0 Å². The molecule has 0 atom stereocenters. The standard InChI is InChI=1S/C80H135NO9/c1-7-13-19-25-31-37-43-49-55-84-74-63-70(64-75(85-56-50-44-38-32-26-20-14-8-2)78(74)88-59-53-47-41-35-29-23-17-11-5)80(83)90-73-62-69(61-72(82)67-73)68-81-71-65-76(86-57-51-45-39-33-27-21-15-9-3)79(89-60-54-48-42-36-30-24-18-12-6)77(66-71)87-58-52-46-40-34-28-22-16-10-4/h61-68,82H,7-60H2,1-6H3. The molecule has 0 amide bonds. The normalized spacial score (nSPS) is 11.4. The summed E-state index contributed by atoms with van der Waals surface area (Å²) in [5, 5.41) is 11.2. The molecule has 0 fully saturated rings. The van der Waals surface area contributed by atoms with Crippen molar-refractivity contribution in [2.45, 2.75) is 350 Å². The number of phenolic OH excluding ortho intramolecular Hbond substituents is 1. The lowest BCUT2D eigenvalue weighted by Gasteiger charge is -2.19. The molecule has 3 aromatic carbocycles. The van der Waals surface area contributed by atoms with Gasteiger partial charge in [-0.05, 0) is 62.8 Å². The van der Waals surface area contributed by atoms with Gasteiger partial charge >= 0.3 is 5.97 Å². The van der Waals surface area contributed by atoms with Crippen molar-refractivity contribution >= 4 is 17.9 Å². The zero-order chi connectivity index (χ0) is 64.4. The Hall–Kier alpha value is -4.60. The van der Waals surface area contributed by atoms with Crippen LogP contribution in [0.15, 0.2) is 47.5 Å². The Morgan fingerprint density at radius 2 is 0.578 bits per heavy atom. The van der Waals surface area contributed by atoms with Crippen molar-refractivity contribution in [1.82, 2.24) is 0 Å². The number of carbonyl (C=O) groups excluding carboxylic acids is 1. The summed E-state index contributed by atoms with van der Waals surface area (Å²) < 4.78 is 45.8. The summed E-state index contributed by atoms with van der Waals surface area (Å²) in [6, 6.07) is 12.2. The largest absolute Gasteiger partial charge is 0.508 e. The van der Waals surface area contributed by atoms with Gasteiger partial charge in [-0.15, -0.1) is 0 Å². The van der Waals surface area contributed by atoms with Crippen LogP contribution in [0.2, 0.25) is 0 Å². The Bertz CT molecular complexity index is 2110. The number of rotatable bonds is 64. The van der Waals surface area contributed by atoms with E-state index >= 15 is 0 Å². The van der Waals surface area contributed by atoms with Crippen LogP contribution in [0.25, 0.3) is 0 Å². The minimum atomic E-state index is -0.592. The highest BCUT2D eigenvalue weighted by atomic mass is 16.6. The number of esters is 1. The van der Waals surface area contributed by atoms with E-state index in [9.17, 15) is 9.90 Å². The van der Waals surface area contributed by atoms with Gasteiger partial charge in [-0.2, -0.15) is 0 Å². The van der Waals surface area contributed by atoms with Crippen molar-refractivity contribution in [3.05, 3.63) is 53.6 Å². The average molecular weight is 1250 g/mol. The highest BCUT2D eigenvalue weighted by Gasteiger charge is 2.22. The molecule has 0 saturated carbocycles. The third-order valence-corrected chi connectivity index (χ3v) is 17.3. The molecule has 10 heteroatoms. The predicted molar refractivity (Wildman–Crippen MR) is 382 cm³/mol. The van der Waals surface area contributed by atoms with E-state index in [0.29, 0.717) is 85.4 Å². The van der Waals surface area contributed by atoms with Gasteiger partial charge in [0.25, 0.3) is 0 Å². The number of hydrogen-bond acceptors (Lipinski definition) is 10. The van der Waals surface area contributed by atoms with Crippen LogP contribution >= 0.6 is 0 Å². The maximum Gasteiger partial charge on any atom is 0.343 e. The Kier molecular flexibility index (Phi) is 50.5. The van der Waals surface area contributed by atoms with Crippen LogP contribution in [0.1, 0.15) is 366 Å². The summed E-state index contributed by atoms with van der Waals surface area (Å²) in [4.78, 5) is 19.4. The highest BCUT2D eigenvalue weighted by molar-refractivity contribution is 5.93. The molecule has 0 unspecified atom stereocenters. The summed E-state index contributed by atoms with van der Waals surface area (Å²) in [6.45, 7) is 16.9.